The molecule has 0 fully saturated rings. The maximum atomic E-state index is 9.09. The van der Waals surface area contributed by atoms with E-state index < -0.39 is 0 Å². The highest BCUT2D eigenvalue weighted by molar-refractivity contribution is 6.35. The van der Waals surface area contributed by atoms with Crippen molar-refractivity contribution in [3.05, 3.63) is 89.2 Å². The predicted molar refractivity (Wildman–Crippen MR) is 130 cm³/mol. The Balaban J connectivity index is 1.46. The van der Waals surface area contributed by atoms with E-state index in [1.807, 2.05) is 65.3 Å². The first kappa shape index (κ1) is 20.1. The highest BCUT2D eigenvalue weighted by Crippen LogP contribution is 2.33. The lowest BCUT2D eigenvalue weighted by atomic mass is 10.1. The number of H-pyrrole nitrogens is 1. The number of rotatable bonds is 4. The molecular formula is C25H17ClN8. The predicted octanol–water partition coefficient (Wildman–Crippen LogP) is 5.29. The summed E-state index contributed by atoms with van der Waals surface area (Å²) in [6, 6.07) is 21.5. The van der Waals surface area contributed by atoms with Gasteiger partial charge >= 0.3 is 0 Å². The highest BCUT2D eigenvalue weighted by Gasteiger charge is 2.18. The Kier molecular flexibility index (Phi) is 4.64. The van der Waals surface area contributed by atoms with Gasteiger partial charge in [-0.25, -0.2) is 4.68 Å². The van der Waals surface area contributed by atoms with Crippen LogP contribution < -0.4 is 0 Å². The topological polar surface area (TPSA) is 101 Å². The molecular weight excluding hydrogens is 448 g/mol. The van der Waals surface area contributed by atoms with Crippen LogP contribution in [0.4, 0.5) is 0 Å². The summed E-state index contributed by atoms with van der Waals surface area (Å²) in [6.07, 6.45) is 3.55. The van der Waals surface area contributed by atoms with Gasteiger partial charge < -0.3 is 0 Å². The Morgan fingerprint density at radius 3 is 2.74 bits per heavy atom. The van der Waals surface area contributed by atoms with Crippen molar-refractivity contribution in [1.29, 1.82) is 5.26 Å². The summed E-state index contributed by atoms with van der Waals surface area (Å²) in [5.74, 6) is 0. The average Bonchev–Trinajstić information content (AvgIpc) is 3.62. The molecule has 8 nitrogen and oxygen atoms in total. The van der Waals surface area contributed by atoms with Crippen molar-refractivity contribution in [3.63, 3.8) is 0 Å². The van der Waals surface area contributed by atoms with Crippen LogP contribution in [0.3, 0.4) is 0 Å². The van der Waals surface area contributed by atoms with Crippen molar-refractivity contribution in [2.45, 2.75) is 13.0 Å². The van der Waals surface area contributed by atoms with Gasteiger partial charge in [0.25, 0.3) is 0 Å². The van der Waals surface area contributed by atoms with Crippen LogP contribution in [0.15, 0.2) is 73.1 Å². The standard InChI is InChI=1S/C25H17ClN8/c1-15(17-4-2-16(13-27)3-5-17)33-23(8-9-29-33)19-10-21(26)25-24(11-19)34(32-31-25)20-7-6-18-14-28-30-22(18)12-20/h2-12,14-15H,1H3,(H,28,30). The monoisotopic (exact) mass is 464 g/mol. The van der Waals surface area contributed by atoms with E-state index in [0.29, 0.717) is 16.1 Å². The molecule has 6 rings (SSSR count). The lowest BCUT2D eigenvalue weighted by Crippen LogP contribution is -2.10. The summed E-state index contributed by atoms with van der Waals surface area (Å²) >= 11 is 6.65. The second-order valence-corrected chi connectivity index (χ2v) is 8.45. The number of benzene rings is 3. The van der Waals surface area contributed by atoms with Crippen molar-refractivity contribution in [2.24, 2.45) is 0 Å². The fraction of sp³-hybridized carbons (Fsp3) is 0.0800. The van der Waals surface area contributed by atoms with Crippen LogP contribution in [0.25, 0.3) is 38.9 Å². The molecule has 1 N–H and O–H groups in total. The van der Waals surface area contributed by atoms with Gasteiger partial charge in [0.15, 0.2) is 0 Å². The van der Waals surface area contributed by atoms with Crippen LogP contribution in [0, 0.1) is 11.3 Å². The van der Waals surface area contributed by atoms with Crippen LogP contribution >= 0.6 is 11.6 Å². The number of nitrogens with zero attached hydrogens (tertiary/aromatic N) is 7. The van der Waals surface area contributed by atoms with Gasteiger partial charge in [-0.3, -0.25) is 9.78 Å². The molecule has 0 saturated carbocycles. The second kappa shape index (κ2) is 7.83. The molecule has 0 radical (unpaired) electrons. The lowest BCUT2D eigenvalue weighted by Gasteiger charge is -2.17. The van der Waals surface area contributed by atoms with Crippen LogP contribution in [0.2, 0.25) is 5.02 Å². The summed E-state index contributed by atoms with van der Waals surface area (Å²) in [5, 5.41) is 31.0. The van der Waals surface area contributed by atoms with E-state index in [-0.39, 0.29) is 6.04 Å². The van der Waals surface area contributed by atoms with Crippen LogP contribution in [0.1, 0.15) is 24.1 Å². The zero-order valence-corrected chi connectivity index (χ0v) is 18.8. The maximum absolute atomic E-state index is 9.09. The Bertz CT molecular complexity index is 1700. The molecule has 1 atom stereocenters. The van der Waals surface area contributed by atoms with E-state index in [1.165, 1.54) is 0 Å². The molecule has 3 aromatic heterocycles. The number of nitriles is 1. The van der Waals surface area contributed by atoms with E-state index in [1.54, 1.807) is 17.1 Å². The fourth-order valence-corrected chi connectivity index (χ4v) is 4.46. The van der Waals surface area contributed by atoms with Gasteiger partial charge in [-0.05, 0) is 61.0 Å². The minimum atomic E-state index is -0.0435. The highest BCUT2D eigenvalue weighted by atomic mass is 35.5. The molecule has 0 bridgehead atoms. The van der Waals surface area contributed by atoms with Gasteiger partial charge in [0.2, 0.25) is 0 Å². The first-order chi connectivity index (χ1) is 16.6. The van der Waals surface area contributed by atoms with E-state index in [9.17, 15) is 0 Å². The van der Waals surface area contributed by atoms with Gasteiger partial charge in [0, 0.05) is 17.1 Å². The molecule has 164 valence electrons. The third-order valence-electron chi connectivity index (χ3n) is 6.03. The molecule has 34 heavy (non-hydrogen) atoms. The molecule has 6 aromatic rings. The first-order valence-electron chi connectivity index (χ1n) is 10.6. The normalized spacial score (nSPS) is 12.3. The zero-order chi connectivity index (χ0) is 23.2. The maximum Gasteiger partial charge on any atom is 0.132 e. The summed E-state index contributed by atoms with van der Waals surface area (Å²) in [4.78, 5) is 0. The Hall–Kier alpha value is -4.48. The summed E-state index contributed by atoms with van der Waals surface area (Å²) in [7, 11) is 0. The van der Waals surface area contributed by atoms with E-state index >= 15 is 0 Å². The van der Waals surface area contributed by atoms with Crippen molar-refractivity contribution in [3.8, 4) is 23.0 Å². The molecule has 3 aromatic carbocycles. The minimum Gasteiger partial charge on any atom is -0.278 e. The van der Waals surface area contributed by atoms with E-state index in [4.69, 9.17) is 16.9 Å². The van der Waals surface area contributed by atoms with Gasteiger partial charge in [-0.1, -0.05) is 28.9 Å². The first-order valence-corrected chi connectivity index (χ1v) is 11.0. The van der Waals surface area contributed by atoms with Crippen LogP contribution in [-0.2, 0) is 0 Å². The summed E-state index contributed by atoms with van der Waals surface area (Å²) < 4.78 is 3.72. The third-order valence-corrected chi connectivity index (χ3v) is 6.32. The largest absolute Gasteiger partial charge is 0.278 e. The van der Waals surface area contributed by atoms with Crippen molar-refractivity contribution in [1.82, 2.24) is 35.0 Å². The quantitative estimate of drug-likeness (QED) is 0.381. The van der Waals surface area contributed by atoms with E-state index in [2.05, 4.69) is 38.6 Å². The van der Waals surface area contributed by atoms with Gasteiger partial charge in [0.1, 0.15) is 5.52 Å². The third kappa shape index (κ3) is 3.22. The van der Waals surface area contributed by atoms with Crippen LogP contribution in [0.5, 0.6) is 0 Å². The zero-order valence-electron chi connectivity index (χ0n) is 18.0. The summed E-state index contributed by atoms with van der Waals surface area (Å²) in [6.45, 7) is 2.07. The molecule has 0 aliphatic rings. The van der Waals surface area contributed by atoms with Gasteiger partial charge in [-0.15, -0.1) is 5.10 Å². The SMILES string of the molecule is CC(c1ccc(C#N)cc1)n1nccc1-c1cc(Cl)c2nnn(-c3ccc4cn[nH]c4c3)c2c1. The lowest BCUT2D eigenvalue weighted by molar-refractivity contribution is 0.571. The van der Waals surface area contributed by atoms with Gasteiger partial charge in [-0.2, -0.15) is 15.5 Å². The second-order valence-electron chi connectivity index (χ2n) is 8.04. The Morgan fingerprint density at radius 1 is 1.06 bits per heavy atom. The van der Waals surface area contributed by atoms with E-state index in [0.717, 1.165) is 38.9 Å². The molecule has 0 aliphatic carbocycles. The number of aromatic amines is 1. The minimum absolute atomic E-state index is 0.0435. The molecule has 0 aliphatic heterocycles. The van der Waals surface area contributed by atoms with Crippen LogP contribution in [-0.4, -0.2) is 35.0 Å². The molecule has 9 heteroatoms. The summed E-state index contributed by atoms with van der Waals surface area (Å²) in [5.41, 5.74) is 6.68. The number of nitrogens with one attached hydrogen (secondary N) is 1. The number of fused-ring (bicyclic) bond motifs is 2. The number of hydrogen-bond acceptors (Lipinski definition) is 5. The number of hydrogen-bond donors (Lipinski definition) is 1. The number of halogens is 1. The van der Waals surface area contributed by atoms with Crippen molar-refractivity contribution < 1.29 is 0 Å². The average molecular weight is 465 g/mol. The molecule has 3 heterocycles. The van der Waals surface area contributed by atoms with Crippen molar-refractivity contribution in [2.75, 3.05) is 0 Å². The smallest absolute Gasteiger partial charge is 0.132 e. The Labute approximate surface area is 199 Å². The molecule has 1 unspecified atom stereocenters. The Morgan fingerprint density at radius 2 is 1.91 bits per heavy atom. The fourth-order valence-electron chi connectivity index (χ4n) is 4.21. The molecule has 0 saturated heterocycles. The molecule has 0 amide bonds. The number of aromatic nitrogens is 7. The van der Waals surface area contributed by atoms with Crippen molar-refractivity contribution >= 4 is 33.5 Å². The molecule has 0 spiro atoms. The van der Waals surface area contributed by atoms with Gasteiger partial charge in [0.05, 0.1) is 51.3 Å².